The molecule has 0 rings (SSSR count). The van der Waals surface area contributed by atoms with Gasteiger partial charge < -0.3 is 10.6 Å². The smallest absolute Gasteiger partial charge is 0.321 e. The molecule has 4 N–H and O–H groups in total. The Morgan fingerprint density at radius 2 is 1.42 bits per heavy atom. The molecule has 8 nitrogen and oxygen atoms in total. The van der Waals surface area contributed by atoms with Gasteiger partial charge in [-0.25, -0.2) is 9.59 Å². The maximum atomic E-state index is 11.5. The number of hydrogen-bond acceptors (Lipinski definition) is 6. The van der Waals surface area contributed by atoms with Crippen molar-refractivity contribution in [3.8, 4) is 0 Å². The van der Waals surface area contributed by atoms with E-state index >= 15 is 0 Å². The van der Waals surface area contributed by atoms with Gasteiger partial charge in [-0.15, -0.1) is 0 Å². The minimum absolute atomic E-state index is 0.139. The summed E-state index contributed by atoms with van der Waals surface area (Å²) >= 11 is 0. The molecular weight excluding hydrogens is 376 g/mol. The summed E-state index contributed by atoms with van der Waals surface area (Å²) in [6.45, 7) is 8.84. The van der Waals surface area contributed by atoms with Gasteiger partial charge in [0, 0.05) is 25.3 Å². The third-order valence-electron chi connectivity index (χ3n) is 2.87. The Bertz CT molecular complexity index is 431. The molecule has 0 aliphatic carbocycles. The zero-order valence-corrected chi connectivity index (χ0v) is 17.5. The maximum Gasteiger partial charge on any atom is 0.321 e. The monoisotopic (exact) mass is 406 g/mol. The van der Waals surface area contributed by atoms with Crippen LogP contribution in [0.1, 0.15) is 40.5 Å². The van der Waals surface area contributed by atoms with E-state index in [9.17, 15) is 19.2 Å². The molecule has 0 atom stereocenters. The van der Waals surface area contributed by atoms with Gasteiger partial charge in [-0.3, -0.25) is 20.2 Å². The molecule has 0 aromatic rings. The van der Waals surface area contributed by atoms with E-state index in [1.165, 1.54) is 21.6 Å². The van der Waals surface area contributed by atoms with Gasteiger partial charge in [0.05, 0.1) is 5.75 Å². The Kier molecular flexibility index (Phi) is 13.9. The average molecular weight is 407 g/mol. The molecule has 0 fully saturated rings. The quantitative estimate of drug-likeness (QED) is 0.308. The van der Waals surface area contributed by atoms with E-state index in [1.807, 2.05) is 27.7 Å². The molecular formula is C16H30N4O4S2. The van der Waals surface area contributed by atoms with Gasteiger partial charge in [-0.1, -0.05) is 49.3 Å². The number of imide groups is 2. The van der Waals surface area contributed by atoms with E-state index in [0.29, 0.717) is 37.1 Å². The van der Waals surface area contributed by atoms with Crippen molar-refractivity contribution >= 4 is 45.5 Å². The Morgan fingerprint density at radius 3 is 2.04 bits per heavy atom. The molecule has 0 aliphatic rings. The Hall–Kier alpha value is -1.42. The number of carbonyl (C=O) groups excluding carboxylic acids is 4. The zero-order valence-electron chi connectivity index (χ0n) is 15.8. The van der Waals surface area contributed by atoms with Crippen molar-refractivity contribution in [1.82, 2.24) is 21.3 Å². The van der Waals surface area contributed by atoms with Gasteiger partial charge in [0.2, 0.25) is 11.8 Å². The summed E-state index contributed by atoms with van der Waals surface area (Å²) in [5, 5.41) is 9.69. The molecule has 0 heterocycles. The fourth-order valence-electron chi connectivity index (χ4n) is 1.52. The van der Waals surface area contributed by atoms with Gasteiger partial charge >= 0.3 is 12.1 Å². The van der Waals surface area contributed by atoms with Crippen molar-refractivity contribution in [2.45, 2.75) is 40.5 Å². The summed E-state index contributed by atoms with van der Waals surface area (Å²) in [5.41, 5.74) is 0. The van der Waals surface area contributed by atoms with Crippen molar-refractivity contribution in [2.24, 2.45) is 11.8 Å². The van der Waals surface area contributed by atoms with Crippen LogP contribution >= 0.6 is 21.6 Å². The first-order chi connectivity index (χ1) is 12.2. The Morgan fingerprint density at radius 1 is 0.808 bits per heavy atom. The minimum atomic E-state index is -0.510. The van der Waals surface area contributed by atoms with Crippen LogP contribution in [-0.2, 0) is 9.59 Å². The first kappa shape index (κ1) is 24.6. The molecule has 26 heavy (non-hydrogen) atoms. The van der Waals surface area contributed by atoms with Crippen molar-refractivity contribution < 1.29 is 19.2 Å². The minimum Gasteiger partial charge on any atom is -0.338 e. The van der Waals surface area contributed by atoms with Crippen LogP contribution in [0.25, 0.3) is 0 Å². The molecule has 10 heteroatoms. The lowest BCUT2D eigenvalue weighted by Gasteiger charge is -2.08. The Labute approximate surface area is 163 Å². The van der Waals surface area contributed by atoms with Crippen LogP contribution in [0.15, 0.2) is 0 Å². The van der Waals surface area contributed by atoms with Gasteiger partial charge in [-0.05, 0) is 18.3 Å². The SMILES string of the molecule is CC(C)CCC(=O)NC(=O)NCCSSCC(=O)NC(=O)NCC(C)C. The van der Waals surface area contributed by atoms with E-state index in [2.05, 4.69) is 21.3 Å². The lowest BCUT2D eigenvalue weighted by Crippen LogP contribution is -2.41. The van der Waals surface area contributed by atoms with Crippen LogP contribution in [0, 0.1) is 11.8 Å². The fraction of sp³-hybridized carbons (Fsp3) is 0.750. The predicted molar refractivity (Wildman–Crippen MR) is 107 cm³/mol. The molecule has 0 bridgehead atoms. The van der Waals surface area contributed by atoms with Crippen LogP contribution in [0.2, 0.25) is 0 Å². The molecule has 6 amide bonds. The maximum absolute atomic E-state index is 11.5. The summed E-state index contributed by atoms with van der Waals surface area (Å²) in [7, 11) is 2.69. The second kappa shape index (κ2) is 14.7. The summed E-state index contributed by atoms with van der Waals surface area (Å²) in [5.74, 6) is 0.785. The third kappa shape index (κ3) is 16.1. The summed E-state index contributed by atoms with van der Waals surface area (Å²) in [6, 6.07) is -1.00. The zero-order chi connectivity index (χ0) is 19.9. The summed E-state index contributed by atoms with van der Waals surface area (Å²) < 4.78 is 0. The molecule has 0 unspecified atom stereocenters. The first-order valence-electron chi connectivity index (χ1n) is 8.60. The van der Waals surface area contributed by atoms with Crippen LogP contribution < -0.4 is 21.3 Å². The van der Waals surface area contributed by atoms with Crippen molar-refractivity contribution in [3.05, 3.63) is 0 Å². The number of urea groups is 2. The van der Waals surface area contributed by atoms with E-state index in [-0.39, 0.29) is 17.6 Å². The molecule has 0 saturated heterocycles. The van der Waals surface area contributed by atoms with E-state index < -0.39 is 12.1 Å². The molecule has 0 aromatic heterocycles. The molecule has 150 valence electrons. The second-order valence-electron chi connectivity index (χ2n) is 6.47. The van der Waals surface area contributed by atoms with Crippen molar-refractivity contribution in [3.63, 3.8) is 0 Å². The van der Waals surface area contributed by atoms with E-state index in [0.717, 1.165) is 6.42 Å². The van der Waals surface area contributed by atoms with Gasteiger partial charge in [0.15, 0.2) is 0 Å². The highest BCUT2D eigenvalue weighted by Crippen LogP contribution is 2.19. The highest BCUT2D eigenvalue weighted by atomic mass is 33.1. The molecule has 0 spiro atoms. The third-order valence-corrected chi connectivity index (χ3v) is 5.14. The second-order valence-corrected chi connectivity index (χ2v) is 9.06. The summed E-state index contributed by atoms with van der Waals surface area (Å²) in [6.07, 6.45) is 1.07. The normalized spacial score (nSPS) is 10.5. The van der Waals surface area contributed by atoms with Crippen molar-refractivity contribution in [2.75, 3.05) is 24.6 Å². The molecule has 0 aromatic carbocycles. The van der Waals surface area contributed by atoms with Crippen molar-refractivity contribution in [1.29, 1.82) is 0 Å². The van der Waals surface area contributed by atoms with Gasteiger partial charge in [0.25, 0.3) is 0 Å². The van der Waals surface area contributed by atoms with E-state index in [1.54, 1.807) is 0 Å². The molecule has 0 radical (unpaired) electrons. The molecule has 0 saturated carbocycles. The molecule has 0 aliphatic heterocycles. The Balaban J connectivity index is 3.62. The highest BCUT2D eigenvalue weighted by molar-refractivity contribution is 8.76. The van der Waals surface area contributed by atoms with Crippen LogP contribution in [0.3, 0.4) is 0 Å². The van der Waals surface area contributed by atoms with Crippen LogP contribution in [0.4, 0.5) is 9.59 Å². The fourth-order valence-corrected chi connectivity index (χ4v) is 3.26. The average Bonchev–Trinajstić information content (AvgIpc) is 2.54. The number of nitrogens with one attached hydrogen (secondary N) is 4. The number of rotatable bonds is 11. The highest BCUT2D eigenvalue weighted by Gasteiger charge is 2.09. The largest absolute Gasteiger partial charge is 0.338 e. The van der Waals surface area contributed by atoms with Gasteiger partial charge in [0.1, 0.15) is 0 Å². The van der Waals surface area contributed by atoms with Crippen LogP contribution in [0.5, 0.6) is 0 Å². The number of amides is 6. The van der Waals surface area contributed by atoms with Gasteiger partial charge in [-0.2, -0.15) is 0 Å². The topological polar surface area (TPSA) is 116 Å². The number of carbonyl (C=O) groups is 4. The van der Waals surface area contributed by atoms with Crippen LogP contribution in [-0.4, -0.2) is 48.5 Å². The lowest BCUT2D eigenvalue weighted by atomic mass is 10.1. The van der Waals surface area contributed by atoms with E-state index in [4.69, 9.17) is 0 Å². The lowest BCUT2D eigenvalue weighted by molar-refractivity contribution is -0.120. The number of hydrogen-bond donors (Lipinski definition) is 4. The summed E-state index contributed by atoms with van der Waals surface area (Å²) in [4.78, 5) is 45.9. The first-order valence-corrected chi connectivity index (χ1v) is 11.1. The standard InChI is InChI=1S/C16H30N4O4S2/c1-11(2)5-6-13(21)19-15(23)17-7-8-25-26-10-14(22)20-16(24)18-9-12(3)4/h11-12H,5-10H2,1-4H3,(H2,17,19,21,23)(H2,18,20,22,24). The predicted octanol–water partition coefficient (Wildman–Crippen LogP) is 2.11.